The minimum Gasteiger partial charge on any atom is -0.462 e. The Labute approximate surface area is 463 Å². The number of carbonyl (C=O) groups is 3. The Kier molecular flexibility index (Phi) is 59.3. The van der Waals surface area contributed by atoms with Crippen molar-refractivity contribution in [2.24, 2.45) is 0 Å². The first kappa shape index (κ1) is 71.1. The van der Waals surface area contributed by atoms with Crippen molar-refractivity contribution in [1.82, 2.24) is 0 Å². The molecule has 0 amide bonds. The maximum atomic E-state index is 12.9. The van der Waals surface area contributed by atoms with Crippen LogP contribution in [0.15, 0.2) is 109 Å². The molecule has 0 aromatic carbocycles. The van der Waals surface area contributed by atoms with Gasteiger partial charge in [-0.3, -0.25) is 14.4 Å². The van der Waals surface area contributed by atoms with Gasteiger partial charge in [0.15, 0.2) is 6.10 Å². The molecule has 0 aliphatic carbocycles. The molecule has 0 fully saturated rings. The van der Waals surface area contributed by atoms with Gasteiger partial charge in [0.25, 0.3) is 0 Å². The minimum atomic E-state index is -0.811. The lowest BCUT2D eigenvalue weighted by Gasteiger charge is -2.18. The fourth-order valence-electron chi connectivity index (χ4n) is 8.65. The summed E-state index contributed by atoms with van der Waals surface area (Å²) in [6.45, 7) is 6.39. The first-order chi connectivity index (χ1) is 37.0. The summed E-state index contributed by atoms with van der Waals surface area (Å²) in [5.74, 6) is -0.955. The van der Waals surface area contributed by atoms with Crippen LogP contribution >= 0.6 is 0 Å². The zero-order chi connectivity index (χ0) is 54.3. The van der Waals surface area contributed by atoms with Gasteiger partial charge in [-0.05, 0) is 96.3 Å². The highest BCUT2D eigenvalue weighted by molar-refractivity contribution is 5.71. The average molecular weight is 1040 g/mol. The Morgan fingerprint density at radius 2 is 0.533 bits per heavy atom. The molecule has 0 aliphatic rings. The predicted molar refractivity (Wildman–Crippen MR) is 325 cm³/mol. The van der Waals surface area contributed by atoms with E-state index in [0.717, 1.165) is 103 Å². The Hall–Kier alpha value is -3.93. The Bertz CT molecular complexity index is 1520. The van der Waals surface area contributed by atoms with Crippen molar-refractivity contribution >= 4 is 17.9 Å². The molecule has 6 nitrogen and oxygen atoms in total. The fourth-order valence-corrected chi connectivity index (χ4v) is 8.65. The Balaban J connectivity index is 4.43. The second-order valence-electron chi connectivity index (χ2n) is 20.6. The fraction of sp³-hybridized carbons (Fsp3) is 0.696. The molecule has 0 aromatic rings. The topological polar surface area (TPSA) is 78.9 Å². The number of allylic oxidation sites excluding steroid dienone is 18. The van der Waals surface area contributed by atoms with Crippen LogP contribution < -0.4 is 0 Å². The second kappa shape index (κ2) is 62.6. The number of hydrogen-bond acceptors (Lipinski definition) is 6. The Morgan fingerprint density at radius 1 is 0.280 bits per heavy atom. The van der Waals surface area contributed by atoms with Crippen LogP contribution in [0.4, 0.5) is 0 Å². The van der Waals surface area contributed by atoms with E-state index < -0.39 is 6.10 Å². The summed E-state index contributed by atoms with van der Waals surface area (Å²) in [6, 6.07) is 0. The van der Waals surface area contributed by atoms with E-state index in [2.05, 4.69) is 130 Å². The maximum absolute atomic E-state index is 12.9. The van der Waals surface area contributed by atoms with Gasteiger partial charge >= 0.3 is 17.9 Å². The van der Waals surface area contributed by atoms with E-state index in [0.29, 0.717) is 19.3 Å². The first-order valence-electron chi connectivity index (χ1n) is 31.4. The van der Waals surface area contributed by atoms with Crippen LogP contribution in [0.3, 0.4) is 0 Å². The number of rotatable bonds is 56. The number of ether oxygens (including phenoxy) is 3. The molecule has 6 heteroatoms. The number of unbranched alkanes of at least 4 members (excludes halogenated alkanes) is 27. The predicted octanol–water partition coefficient (Wildman–Crippen LogP) is 21.4. The molecule has 1 atom stereocenters. The largest absolute Gasteiger partial charge is 0.462 e. The summed E-state index contributed by atoms with van der Waals surface area (Å²) >= 11 is 0. The highest BCUT2D eigenvalue weighted by Gasteiger charge is 2.19. The smallest absolute Gasteiger partial charge is 0.306 e. The van der Waals surface area contributed by atoms with Crippen molar-refractivity contribution in [3.05, 3.63) is 109 Å². The van der Waals surface area contributed by atoms with Crippen molar-refractivity contribution < 1.29 is 28.6 Å². The third-order valence-corrected chi connectivity index (χ3v) is 13.3. The summed E-state index contributed by atoms with van der Waals surface area (Å²) in [7, 11) is 0. The number of esters is 3. The highest BCUT2D eigenvalue weighted by Crippen LogP contribution is 2.16. The third kappa shape index (κ3) is 60.8. The molecule has 1 unspecified atom stereocenters. The van der Waals surface area contributed by atoms with Crippen molar-refractivity contribution in [1.29, 1.82) is 0 Å². The van der Waals surface area contributed by atoms with Crippen molar-refractivity contribution in [2.75, 3.05) is 13.2 Å². The monoisotopic (exact) mass is 1040 g/mol. The van der Waals surface area contributed by atoms with Gasteiger partial charge in [0.05, 0.1) is 0 Å². The van der Waals surface area contributed by atoms with Gasteiger partial charge in [-0.1, -0.05) is 284 Å². The normalized spacial score (nSPS) is 12.8. The van der Waals surface area contributed by atoms with Crippen LogP contribution in [0, 0.1) is 0 Å². The molecule has 0 rings (SSSR count). The summed E-state index contributed by atoms with van der Waals surface area (Å²) in [6.07, 6.45) is 85.2. The molecule has 428 valence electrons. The van der Waals surface area contributed by atoms with E-state index in [9.17, 15) is 14.4 Å². The van der Waals surface area contributed by atoms with Gasteiger partial charge in [0.2, 0.25) is 0 Å². The van der Waals surface area contributed by atoms with Crippen molar-refractivity contribution in [2.45, 2.75) is 297 Å². The van der Waals surface area contributed by atoms with Gasteiger partial charge in [-0.2, -0.15) is 0 Å². The lowest BCUT2D eigenvalue weighted by atomic mass is 10.0. The van der Waals surface area contributed by atoms with Crippen LogP contribution in [0.5, 0.6) is 0 Å². The van der Waals surface area contributed by atoms with E-state index in [1.165, 1.54) is 141 Å². The second-order valence-corrected chi connectivity index (χ2v) is 20.6. The standard InChI is InChI=1S/C69H116O6/c1-4-7-10-13-16-19-22-25-28-31-32-33-34-35-36-39-41-44-47-50-53-56-59-62-68(71)74-65-66(75-69(72)63-60-57-54-51-48-45-42-38-30-27-24-21-18-15-12-9-6-3)64-73-67(70)61-58-55-52-49-46-43-40-37-29-26-23-20-17-14-11-8-5-2/h7,9-10,12,16,18-19,21,25,27-28,30,32-33,42,45,51,54,66H,4-6,8,11,13-15,17,20,22-24,26,29,31,34-41,43-44,46-50,52-53,55-65H2,1-3H3/b10-7-,12-9-,19-16-,21-18-,28-25-,30-27-,33-32-,45-42-,54-51-. The molecule has 0 N–H and O–H groups in total. The summed E-state index contributed by atoms with van der Waals surface area (Å²) < 4.78 is 16.9. The van der Waals surface area contributed by atoms with Crippen LogP contribution in [-0.2, 0) is 28.6 Å². The highest BCUT2D eigenvalue weighted by atomic mass is 16.6. The van der Waals surface area contributed by atoms with Gasteiger partial charge in [-0.15, -0.1) is 0 Å². The molecule has 0 saturated carbocycles. The average Bonchev–Trinajstić information content (AvgIpc) is 3.41. The van der Waals surface area contributed by atoms with Gasteiger partial charge in [0.1, 0.15) is 13.2 Å². The molecule has 0 aliphatic heterocycles. The molecule has 0 spiro atoms. The Morgan fingerprint density at radius 3 is 0.853 bits per heavy atom. The third-order valence-electron chi connectivity index (χ3n) is 13.3. The summed E-state index contributed by atoms with van der Waals surface area (Å²) in [5, 5.41) is 0. The lowest BCUT2D eigenvalue weighted by molar-refractivity contribution is -0.167. The molecule has 0 radical (unpaired) electrons. The maximum Gasteiger partial charge on any atom is 0.306 e. The van der Waals surface area contributed by atoms with Gasteiger partial charge < -0.3 is 14.2 Å². The van der Waals surface area contributed by atoms with E-state index in [1.807, 2.05) is 0 Å². The first-order valence-corrected chi connectivity index (χ1v) is 31.4. The zero-order valence-electron chi connectivity index (χ0n) is 49.0. The molecule has 75 heavy (non-hydrogen) atoms. The lowest BCUT2D eigenvalue weighted by Crippen LogP contribution is -2.30. The molecule has 0 aromatic heterocycles. The van der Waals surface area contributed by atoms with Crippen LogP contribution in [-0.4, -0.2) is 37.2 Å². The van der Waals surface area contributed by atoms with Crippen molar-refractivity contribution in [3.63, 3.8) is 0 Å². The van der Waals surface area contributed by atoms with E-state index in [1.54, 1.807) is 0 Å². The number of carbonyl (C=O) groups excluding carboxylic acids is 3. The SMILES string of the molecule is CC/C=C\C/C=C\C/C=C\C/C=C\C/C=C\CCCC(=O)OC(COC(=O)CCCCCCCCCCCC/C=C\C/C=C\C/C=C\C/C=C\CC)COC(=O)CCCCCCCCCCCCCCCCCCC. The van der Waals surface area contributed by atoms with Gasteiger partial charge in [-0.25, -0.2) is 0 Å². The molecule has 0 heterocycles. The summed E-state index contributed by atoms with van der Waals surface area (Å²) in [5.41, 5.74) is 0. The molecule has 0 bridgehead atoms. The van der Waals surface area contributed by atoms with E-state index in [-0.39, 0.29) is 37.5 Å². The number of hydrogen-bond donors (Lipinski definition) is 0. The zero-order valence-corrected chi connectivity index (χ0v) is 49.0. The van der Waals surface area contributed by atoms with Crippen LogP contribution in [0.1, 0.15) is 290 Å². The molecular formula is C69H116O6. The summed E-state index contributed by atoms with van der Waals surface area (Å²) in [4.78, 5) is 38.3. The van der Waals surface area contributed by atoms with E-state index >= 15 is 0 Å². The minimum absolute atomic E-state index is 0.100. The quantitative estimate of drug-likeness (QED) is 0.0261. The molecular weight excluding hydrogens is 925 g/mol. The van der Waals surface area contributed by atoms with Crippen LogP contribution in [0.25, 0.3) is 0 Å². The van der Waals surface area contributed by atoms with Crippen LogP contribution in [0.2, 0.25) is 0 Å². The van der Waals surface area contributed by atoms with E-state index in [4.69, 9.17) is 14.2 Å². The molecule has 0 saturated heterocycles. The van der Waals surface area contributed by atoms with Gasteiger partial charge in [0, 0.05) is 19.3 Å². The van der Waals surface area contributed by atoms with Crippen molar-refractivity contribution in [3.8, 4) is 0 Å².